The largest absolute Gasteiger partial charge is 0.506 e. The Kier molecular flexibility index (Phi) is 4.28. The van der Waals surface area contributed by atoms with E-state index in [0.717, 1.165) is 5.56 Å². The van der Waals surface area contributed by atoms with E-state index >= 15 is 0 Å². The number of aromatic nitrogens is 5. The third-order valence-electron chi connectivity index (χ3n) is 4.00. The first kappa shape index (κ1) is 16.2. The van der Waals surface area contributed by atoms with Crippen molar-refractivity contribution in [3.8, 4) is 28.3 Å². The van der Waals surface area contributed by atoms with E-state index in [9.17, 15) is 5.11 Å². The number of rotatable bonds is 3. The highest BCUT2D eigenvalue weighted by atomic mass is 16.5. The average molecular weight is 351 g/mol. The summed E-state index contributed by atoms with van der Waals surface area (Å²) in [6.45, 7) is 2.67. The lowest BCUT2D eigenvalue weighted by atomic mass is 10.1. The normalized spacial score (nSPS) is 14.4. The van der Waals surface area contributed by atoms with Crippen molar-refractivity contribution in [3.05, 3.63) is 36.9 Å². The van der Waals surface area contributed by atoms with Crippen LogP contribution >= 0.6 is 0 Å². The van der Waals surface area contributed by atoms with Crippen LogP contribution in [0.15, 0.2) is 36.9 Å². The van der Waals surface area contributed by atoms with Gasteiger partial charge in [-0.3, -0.25) is 4.98 Å². The van der Waals surface area contributed by atoms with Gasteiger partial charge in [0.1, 0.15) is 5.75 Å². The Bertz CT molecular complexity index is 911. The predicted molar refractivity (Wildman–Crippen MR) is 95.4 cm³/mol. The lowest BCUT2D eigenvalue weighted by Crippen LogP contribution is -2.37. The van der Waals surface area contributed by atoms with Crippen molar-refractivity contribution >= 4 is 11.9 Å². The summed E-state index contributed by atoms with van der Waals surface area (Å²) in [5.41, 5.74) is 8.31. The Labute approximate surface area is 149 Å². The number of hydrogen-bond acceptors (Lipinski definition) is 9. The zero-order valence-corrected chi connectivity index (χ0v) is 13.9. The molecule has 9 heteroatoms. The van der Waals surface area contributed by atoms with Crippen LogP contribution in [0, 0.1) is 0 Å². The van der Waals surface area contributed by atoms with Gasteiger partial charge in [0.2, 0.25) is 11.9 Å². The summed E-state index contributed by atoms with van der Waals surface area (Å²) in [7, 11) is 0. The maximum Gasteiger partial charge on any atom is 0.226 e. The minimum Gasteiger partial charge on any atom is -0.506 e. The van der Waals surface area contributed by atoms with Crippen molar-refractivity contribution < 1.29 is 9.84 Å². The molecule has 9 nitrogen and oxygen atoms in total. The van der Waals surface area contributed by atoms with Crippen molar-refractivity contribution in [1.29, 1.82) is 0 Å². The molecule has 4 heterocycles. The van der Waals surface area contributed by atoms with E-state index in [4.69, 9.17) is 10.5 Å². The first-order valence-electron chi connectivity index (χ1n) is 8.13. The van der Waals surface area contributed by atoms with Crippen molar-refractivity contribution in [2.75, 3.05) is 36.9 Å². The van der Waals surface area contributed by atoms with E-state index in [0.29, 0.717) is 49.2 Å². The quantitative estimate of drug-likeness (QED) is 0.714. The fourth-order valence-electron chi connectivity index (χ4n) is 2.67. The van der Waals surface area contributed by atoms with Crippen LogP contribution in [0.25, 0.3) is 22.5 Å². The molecule has 0 amide bonds. The molecule has 0 bridgehead atoms. The number of ether oxygens (including phenoxy) is 1. The van der Waals surface area contributed by atoms with Gasteiger partial charge < -0.3 is 20.5 Å². The first-order valence-corrected chi connectivity index (χ1v) is 8.13. The fourth-order valence-corrected chi connectivity index (χ4v) is 2.67. The molecular formula is C17H17N7O2. The van der Waals surface area contributed by atoms with Gasteiger partial charge >= 0.3 is 0 Å². The number of pyridine rings is 1. The molecule has 0 aliphatic carbocycles. The van der Waals surface area contributed by atoms with Gasteiger partial charge in [-0.05, 0) is 12.1 Å². The maximum atomic E-state index is 9.74. The van der Waals surface area contributed by atoms with Crippen molar-refractivity contribution in [1.82, 2.24) is 24.9 Å². The molecule has 0 saturated carbocycles. The molecule has 4 rings (SSSR count). The third-order valence-corrected chi connectivity index (χ3v) is 4.00. The molecule has 0 aromatic carbocycles. The highest BCUT2D eigenvalue weighted by Crippen LogP contribution is 2.27. The zero-order chi connectivity index (χ0) is 17.9. The number of anilines is 2. The Morgan fingerprint density at radius 1 is 0.923 bits per heavy atom. The van der Waals surface area contributed by atoms with Crippen LogP contribution in [0.4, 0.5) is 11.9 Å². The van der Waals surface area contributed by atoms with E-state index in [-0.39, 0.29) is 11.7 Å². The number of nitrogen functional groups attached to an aromatic ring is 1. The number of hydrogen-bond donors (Lipinski definition) is 2. The molecule has 0 unspecified atom stereocenters. The first-order chi connectivity index (χ1) is 12.7. The van der Waals surface area contributed by atoms with Crippen LogP contribution in [0.2, 0.25) is 0 Å². The van der Waals surface area contributed by atoms with Gasteiger partial charge in [0.05, 0.1) is 30.8 Å². The van der Waals surface area contributed by atoms with Crippen LogP contribution in [-0.2, 0) is 4.74 Å². The van der Waals surface area contributed by atoms with Gasteiger partial charge in [-0.15, -0.1) is 0 Å². The number of aromatic hydroxyl groups is 1. The van der Waals surface area contributed by atoms with Crippen molar-refractivity contribution in [2.24, 2.45) is 0 Å². The molecular weight excluding hydrogens is 334 g/mol. The maximum absolute atomic E-state index is 9.74. The molecule has 1 aliphatic rings. The summed E-state index contributed by atoms with van der Waals surface area (Å²) in [4.78, 5) is 23.5. The molecule has 0 spiro atoms. The second kappa shape index (κ2) is 6.89. The van der Waals surface area contributed by atoms with Crippen LogP contribution in [-0.4, -0.2) is 56.3 Å². The molecule has 26 heavy (non-hydrogen) atoms. The third kappa shape index (κ3) is 3.38. The molecule has 3 aromatic rings. The van der Waals surface area contributed by atoms with Gasteiger partial charge in [-0.2, -0.15) is 0 Å². The second-order valence-electron chi connectivity index (χ2n) is 5.80. The Morgan fingerprint density at radius 3 is 2.31 bits per heavy atom. The van der Waals surface area contributed by atoms with Gasteiger partial charge in [-0.1, -0.05) is 0 Å². The number of morpholine rings is 1. The Morgan fingerprint density at radius 2 is 1.62 bits per heavy atom. The summed E-state index contributed by atoms with van der Waals surface area (Å²) >= 11 is 0. The van der Waals surface area contributed by atoms with Crippen LogP contribution in [0.1, 0.15) is 0 Å². The topological polar surface area (TPSA) is 123 Å². The highest BCUT2D eigenvalue weighted by molar-refractivity contribution is 5.69. The van der Waals surface area contributed by atoms with Crippen LogP contribution < -0.4 is 10.6 Å². The Hall–Kier alpha value is -3.33. The fraction of sp³-hybridized carbons (Fsp3) is 0.235. The molecule has 0 radical (unpaired) electrons. The zero-order valence-electron chi connectivity index (χ0n) is 13.9. The van der Waals surface area contributed by atoms with E-state index in [2.05, 4.69) is 29.8 Å². The minimum absolute atomic E-state index is 0.0754. The molecule has 3 aromatic heterocycles. The summed E-state index contributed by atoms with van der Waals surface area (Å²) in [6.07, 6.45) is 6.27. The van der Waals surface area contributed by atoms with Crippen LogP contribution in [0.5, 0.6) is 5.75 Å². The second-order valence-corrected chi connectivity index (χ2v) is 5.80. The Balaban J connectivity index is 1.82. The molecule has 1 aliphatic heterocycles. The standard InChI is InChI=1S/C17H17N7O2/c18-16-20-8-12(9-21-16)15-6-14(11-5-13(25)10-19-7-11)22-17(23-15)24-1-3-26-4-2-24/h5-10,25H,1-4H2,(H2,18,20,21). The molecule has 3 N–H and O–H groups in total. The lowest BCUT2D eigenvalue weighted by Gasteiger charge is -2.27. The van der Waals surface area contributed by atoms with Crippen molar-refractivity contribution in [3.63, 3.8) is 0 Å². The number of nitrogens with zero attached hydrogens (tertiary/aromatic N) is 6. The van der Waals surface area contributed by atoms with Gasteiger partial charge in [0.15, 0.2) is 0 Å². The number of nitrogens with two attached hydrogens (primary N) is 1. The van der Waals surface area contributed by atoms with Crippen LogP contribution in [0.3, 0.4) is 0 Å². The van der Waals surface area contributed by atoms with Gasteiger partial charge in [-0.25, -0.2) is 19.9 Å². The molecule has 1 saturated heterocycles. The van der Waals surface area contributed by atoms with E-state index < -0.39 is 0 Å². The summed E-state index contributed by atoms with van der Waals surface area (Å²) in [5, 5.41) is 9.74. The smallest absolute Gasteiger partial charge is 0.226 e. The predicted octanol–water partition coefficient (Wildman–Crippen LogP) is 1.12. The monoisotopic (exact) mass is 351 g/mol. The average Bonchev–Trinajstić information content (AvgIpc) is 2.69. The summed E-state index contributed by atoms with van der Waals surface area (Å²) in [6, 6.07) is 3.43. The molecule has 1 fully saturated rings. The molecule has 0 atom stereocenters. The lowest BCUT2D eigenvalue weighted by molar-refractivity contribution is 0.122. The van der Waals surface area contributed by atoms with E-state index in [1.165, 1.54) is 6.20 Å². The van der Waals surface area contributed by atoms with E-state index in [1.54, 1.807) is 24.7 Å². The SMILES string of the molecule is Nc1ncc(-c2cc(-c3cncc(O)c3)nc(N3CCOCC3)n2)cn1. The molecule has 132 valence electrons. The van der Waals surface area contributed by atoms with Gasteiger partial charge in [0.25, 0.3) is 0 Å². The van der Waals surface area contributed by atoms with Crippen molar-refractivity contribution in [2.45, 2.75) is 0 Å². The van der Waals surface area contributed by atoms with E-state index in [1.807, 2.05) is 6.07 Å². The summed E-state index contributed by atoms with van der Waals surface area (Å²) < 4.78 is 5.41. The van der Waals surface area contributed by atoms with Gasteiger partial charge in [0, 0.05) is 42.8 Å². The summed E-state index contributed by atoms with van der Waals surface area (Å²) in [5.74, 6) is 0.862. The minimum atomic E-state index is 0.0754. The highest BCUT2D eigenvalue weighted by Gasteiger charge is 2.17.